The van der Waals surface area contributed by atoms with Crippen molar-refractivity contribution in [3.63, 3.8) is 0 Å². The minimum Gasteiger partial charge on any atom is -0.489 e. The summed E-state index contributed by atoms with van der Waals surface area (Å²) >= 11 is 0. The number of hydrogen-bond donors (Lipinski definition) is 2. The van der Waals surface area contributed by atoms with Gasteiger partial charge >= 0.3 is 0 Å². The standard InChI is InChI=1S/C22H29N3O3/c1-5-25(6-2)18-13-11-17(12-14-18)23-21(26)15-22(27)24-19-9-7-8-10-20(19)28-16(3)4/h7-14,16H,5-6,15H2,1-4H3,(H,23,26)(H,24,27). The van der Waals surface area contributed by atoms with E-state index in [1.54, 1.807) is 18.2 Å². The van der Waals surface area contributed by atoms with E-state index in [1.807, 2.05) is 44.2 Å². The van der Waals surface area contributed by atoms with E-state index in [0.29, 0.717) is 17.1 Å². The smallest absolute Gasteiger partial charge is 0.233 e. The van der Waals surface area contributed by atoms with Crippen LogP contribution < -0.4 is 20.3 Å². The summed E-state index contributed by atoms with van der Waals surface area (Å²) in [5.74, 6) is -0.175. The molecule has 0 bridgehead atoms. The molecule has 0 saturated carbocycles. The van der Waals surface area contributed by atoms with E-state index in [-0.39, 0.29) is 18.4 Å². The van der Waals surface area contributed by atoms with Crippen LogP contribution in [0.15, 0.2) is 48.5 Å². The molecule has 0 aliphatic rings. The Labute approximate surface area is 166 Å². The SMILES string of the molecule is CCN(CC)c1ccc(NC(=O)CC(=O)Nc2ccccc2OC(C)C)cc1. The molecule has 2 N–H and O–H groups in total. The van der Waals surface area contributed by atoms with Crippen LogP contribution in [-0.4, -0.2) is 31.0 Å². The van der Waals surface area contributed by atoms with Crippen LogP contribution in [0.1, 0.15) is 34.1 Å². The number of ether oxygens (including phenoxy) is 1. The summed E-state index contributed by atoms with van der Waals surface area (Å²) in [4.78, 5) is 26.6. The quantitative estimate of drug-likeness (QED) is 0.634. The Balaban J connectivity index is 1.92. The molecule has 0 aromatic heterocycles. The lowest BCUT2D eigenvalue weighted by Gasteiger charge is -2.21. The second kappa shape index (κ2) is 10.3. The average Bonchev–Trinajstić information content (AvgIpc) is 2.65. The average molecular weight is 383 g/mol. The molecule has 150 valence electrons. The molecule has 0 radical (unpaired) electrons. The van der Waals surface area contributed by atoms with Crippen molar-refractivity contribution in [1.29, 1.82) is 0 Å². The van der Waals surface area contributed by atoms with Gasteiger partial charge in [-0.1, -0.05) is 12.1 Å². The molecule has 0 aliphatic carbocycles. The van der Waals surface area contributed by atoms with Gasteiger partial charge in [-0.05, 0) is 64.1 Å². The second-order valence-corrected chi connectivity index (χ2v) is 6.66. The lowest BCUT2D eigenvalue weighted by molar-refractivity contribution is -0.123. The van der Waals surface area contributed by atoms with E-state index in [1.165, 1.54) is 0 Å². The number of para-hydroxylation sites is 2. The van der Waals surface area contributed by atoms with E-state index >= 15 is 0 Å². The normalized spacial score (nSPS) is 10.5. The molecule has 0 aliphatic heterocycles. The van der Waals surface area contributed by atoms with Crippen molar-refractivity contribution in [2.24, 2.45) is 0 Å². The number of hydrogen-bond acceptors (Lipinski definition) is 4. The van der Waals surface area contributed by atoms with Gasteiger partial charge in [0.2, 0.25) is 11.8 Å². The monoisotopic (exact) mass is 383 g/mol. The van der Waals surface area contributed by atoms with E-state index in [4.69, 9.17) is 4.74 Å². The van der Waals surface area contributed by atoms with Gasteiger partial charge in [-0.15, -0.1) is 0 Å². The first-order chi connectivity index (χ1) is 13.4. The fourth-order valence-corrected chi connectivity index (χ4v) is 2.82. The van der Waals surface area contributed by atoms with Gasteiger partial charge in [0.1, 0.15) is 12.2 Å². The first-order valence-corrected chi connectivity index (χ1v) is 9.63. The van der Waals surface area contributed by atoms with Gasteiger partial charge < -0.3 is 20.3 Å². The molecular formula is C22H29N3O3. The first kappa shape index (κ1) is 21.3. The topological polar surface area (TPSA) is 70.7 Å². The molecule has 0 fully saturated rings. The molecule has 2 aromatic carbocycles. The van der Waals surface area contributed by atoms with E-state index in [2.05, 4.69) is 29.4 Å². The van der Waals surface area contributed by atoms with Crippen LogP contribution in [-0.2, 0) is 9.59 Å². The van der Waals surface area contributed by atoms with E-state index < -0.39 is 5.91 Å². The second-order valence-electron chi connectivity index (χ2n) is 6.66. The first-order valence-electron chi connectivity index (χ1n) is 9.63. The van der Waals surface area contributed by atoms with Crippen molar-refractivity contribution < 1.29 is 14.3 Å². The number of carbonyl (C=O) groups excluding carboxylic acids is 2. The number of anilines is 3. The molecule has 6 nitrogen and oxygen atoms in total. The summed E-state index contributed by atoms with van der Waals surface area (Å²) in [6.45, 7) is 9.87. The Morgan fingerprint density at radius 3 is 2.14 bits per heavy atom. The van der Waals surface area contributed by atoms with Gasteiger partial charge in [0.05, 0.1) is 11.8 Å². The third-order valence-electron chi connectivity index (χ3n) is 4.12. The summed E-state index contributed by atoms with van der Waals surface area (Å²) in [5, 5.41) is 5.50. The molecule has 6 heteroatoms. The van der Waals surface area contributed by atoms with Gasteiger partial charge in [-0.2, -0.15) is 0 Å². The predicted octanol–water partition coefficient (Wildman–Crippen LogP) is 4.29. The molecule has 0 saturated heterocycles. The fourth-order valence-electron chi connectivity index (χ4n) is 2.82. The number of benzene rings is 2. The number of carbonyl (C=O) groups is 2. The fraction of sp³-hybridized carbons (Fsp3) is 0.364. The van der Waals surface area contributed by atoms with E-state index in [9.17, 15) is 9.59 Å². The van der Waals surface area contributed by atoms with Crippen LogP contribution in [0.2, 0.25) is 0 Å². The number of nitrogens with one attached hydrogen (secondary N) is 2. The van der Waals surface area contributed by atoms with E-state index in [0.717, 1.165) is 18.8 Å². The molecule has 0 atom stereocenters. The number of nitrogens with zero attached hydrogens (tertiary/aromatic N) is 1. The van der Waals surface area contributed by atoms with Crippen molar-refractivity contribution in [3.8, 4) is 5.75 Å². The minimum absolute atomic E-state index is 0.0133. The highest BCUT2D eigenvalue weighted by Gasteiger charge is 2.13. The molecular weight excluding hydrogens is 354 g/mol. The van der Waals surface area contributed by atoms with Gasteiger partial charge in [-0.25, -0.2) is 0 Å². The Morgan fingerprint density at radius 1 is 0.929 bits per heavy atom. The third kappa shape index (κ3) is 6.30. The van der Waals surface area contributed by atoms with Crippen molar-refractivity contribution in [2.75, 3.05) is 28.6 Å². The summed E-state index contributed by atoms with van der Waals surface area (Å²) in [5.41, 5.74) is 2.32. The zero-order chi connectivity index (χ0) is 20.5. The zero-order valence-electron chi connectivity index (χ0n) is 17.0. The maximum atomic E-state index is 12.2. The third-order valence-corrected chi connectivity index (χ3v) is 4.12. The molecule has 2 aromatic rings. The van der Waals surface area contributed by atoms with Gasteiger partial charge in [0, 0.05) is 24.5 Å². The van der Waals surface area contributed by atoms with Crippen molar-refractivity contribution in [2.45, 2.75) is 40.2 Å². The van der Waals surface area contributed by atoms with Crippen LogP contribution in [0.4, 0.5) is 17.1 Å². The number of rotatable bonds is 9. The van der Waals surface area contributed by atoms with Crippen LogP contribution in [0, 0.1) is 0 Å². The van der Waals surface area contributed by atoms with Gasteiger partial charge in [-0.3, -0.25) is 9.59 Å². The highest BCUT2D eigenvalue weighted by molar-refractivity contribution is 6.08. The molecule has 2 rings (SSSR count). The molecule has 0 spiro atoms. The van der Waals surface area contributed by atoms with Crippen LogP contribution >= 0.6 is 0 Å². The lowest BCUT2D eigenvalue weighted by Crippen LogP contribution is -2.23. The highest BCUT2D eigenvalue weighted by atomic mass is 16.5. The summed E-state index contributed by atoms with van der Waals surface area (Å²) < 4.78 is 5.68. The Bertz CT molecular complexity index is 784. The summed E-state index contributed by atoms with van der Waals surface area (Å²) in [6, 6.07) is 14.8. The van der Waals surface area contributed by atoms with Crippen LogP contribution in [0.25, 0.3) is 0 Å². The van der Waals surface area contributed by atoms with Gasteiger partial charge in [0.25, 0.3) is 0 Å². The van der Waals surface area contributed by atoms with Crippen molar-refractivity contribution in [3.05, 3.63) is 48.5 Å². The molecule has 28 heavy (non-hydrogen) atoms. The van der Waals surface area contributed by atoms with Gasteiger partial charge in [0.15, 0.2) is 0 Å². The lowest BCUT2D eigenvalue weighted by atomic mass is 10.2. The maximum absolute atomic E-state index is 12.2. The highest BCUT2D eigenvalue weighted by Crippen LogP contribution is 2.25. The van der Waals surface area contributed by atoms with Crippen LogP contribution in [0.5, 0.6) is 5.75 Å². The van der Waals surface area contributed by atoms with Crippen molar-refractivity contribution >= 4 is 28.9 Å². The molecule has 0 unspecified atom stereocenters. The molecule has 2 amide bonds. The largest absolute Gasteiger partial charge is 0.489 e. The number of amides is 2. The molecule has 0 heterocycles. The summed E-state index contributed by atoms with van der Waals surface area (Å²) in [6.07, 6.45) is -0.283. The van der Waals surface area contributed by atoms with Crippen molar-refractivity contribution in [1.82, 2.24) is 0 Å². The Morgan fingerprint density at radius 2 is 1.54 bits per heavy atom. The zero-order valence-corrected chi connectivity index (χ0v) is 17.0. The Hall–Kier alpha value is -3.02. The maximum Gasteiger partial charge on any atom is 0.233 e. The predicted molar refractivity (Wildman–Crippen MR) is 114 cm³/mol. The minimum atomic E-state index is -0.392. The summed E-state index contributed by atoms with van der Waals surface area (Å²) in [7, 11) is 0. The Kier molecular flexibility index (Phi) is 7.87. The van der Waals surface area contributed by atoms with Crippen LogP contribution in [0.3, 0.4) is 0 Å².